The van der Waals surface area contributed by atoms with Crippen LogP contribution in [0, 0.1) is 0 Å². The summed E-state index contributed by atoms with van der Waals surface area (Å²) in [7, 11) is 0. The quantitative estimate of drug-likeness (QED) is 0.575. The van der Waals surface area contributed by atoms with Crippen LogP contribution in [0.3, 0.4) is 0 Å². The highest BCUT2D eigenvalue weighted by Gasteiger charge is 2.21. The van der Waals surface area contributed by atoms with Crippen molar-refractivity contribution in [3.8, 4) is 0 Å². The zero-order valence-electron chi connectivity index (χ0n) is 13.5. The SMILES string of the molecule is O=C(c1cc2ncccn2n1)N(Cc1ccccc1)c1ccccc1. The minimum absolute atomic E-state index is 0.152. The van der Waals surface area contributed by atoms with Crippen molar-refractivity contribution in [2.75, 3.05) is 4.90 Å². The van der Waals surface area contributed by atoms with Gasteiger partial charge in [-0.2, -0.15) is 5.10 Å². The third-order valence-electron chi connectivity index (χ3n) is 3.95. The van der Waals surface area contributed by atoms with Crippen LogP contribution in [0.5, 0.6) is 0 Å². The maximum atomic E-state index is 13.1. The average Bonchev–Trinajstić information content (AvgIpc) is 3.11. The third-order valence-corrected chi connectivity index (χ3v) is 3.95. The molecule has 2 heterocycles. The summed E-state index contributed by atoms with van der Waals surface area (Å²) in [6.45, 7) is 0.477. The Morgan fingerprint density at radius 3 is 2.40 bits per heavy atom. The number of carbonyl (C=O) groups is 1. The Bertz CT molecular complexity index is 963. The predicted molar refractivity (Wildman–Crippen MR) is 96.4 cm³/mol. The largest absolute Gasteiger partial charge is 0.303 e. The van der Waals surface area contributed by atoms with Crippen molar-refractivity contribution in [3.05, 3.63) is 96.4 Å². The number of benzene rings is 2. The molecule has 0 unspecified atom stereocenters. The number of carbonyl (C=O) groups excluding carboxylic acids is 1. The van der Waals surface area contributed by atoms with Crippen LogP contribution in [0.2, 0.25) is 0 Å². The summed E-state index contributed by atoms with van der Waals surface area (Å²) < 4.78 is 1.61. The molecule has 0 aliphatic carbocycles. The predicted octanol–water partition coefficient (Wildman–Crippen LogP) is 3.58. The van der Waals surface area contributed by atoms with Crippen LogP contribution in [-0.4, -0.2) is 20.5 Å². The average molecular weight is 328 g/mol. The first-order chi connectivity index (χ1) is 12.3. The van der Waals surface area contributed by atoms with Crippen LogP contribution in [0.4, 0.5) is 5.69 Å². The fraction of sp³-hybridized carbons (Fsp3) is 0.0500. The Labute approximate surface area is 145 Å². The Morgan fingerprint density at radius 2 is 1.68 bits per heavy atom. The van der Waals surface area contributed by atoms with Gasteiger partial charge in [0.2, 0.25) is 0 Å². The van der Waals surface area contributed by atoms with E-state index >= 15 is 0 Å². The summed E-state index contributed by atoms with van der Waals surface area (Å²) in [5.41, 5.74) is 2.92. The first kappa shape index (κ1) is 15.1. The zero-order chi connectivity index (χ0) is 17.1. The zero-order valence-corrected chi connectivity index (χ0v) is 13.5. The number of hydrogen-bond acceptors (Lipinski definition) is 3. The molecule has 5 nitrogen and oxygen atoms in total. The molecule has 5 heteroatoms. The molecule has 122 valence electrons. The molecule has 2 aromatic carbocycles. The number of fused-ring (bicyclic) bond motifs is 1. The van der Waals surface area contributed by atoms with E-state index in [9.17, 15) is 4.79 Å². The molecule has 0 radical (unpaired) electrons. The Balaban J connectivity index is 1.72. The van der Waals surface area contributed by atoms with E-state index in [1.807, 2.05) is 60.7 Å². The molecular weight excluding hydrogens is 312 g/mol. The van der Waals surface area contributed by atoms with Crippen molar-refractivity contribution in [2.24, 2.45) is 0 Å². The molecule has 4 rings (SSSR count). The lowest BCUT2D eigenvalue weighted by molar-refractivity contribution is 0.0980. The van der Waals surface area contributed by atoms with Gasteiger partial charge in [-0.1, -0.05) is 48.5 Å². The fourth-order valence-electron chi connectivity index (χ4n) is 2.73. The monoisotopic (exact) mass is 328 g/mol. The standard InChI is InChI=1S/C20H16N4O/c25-20(18-14-19-21-12-7-13-24(19)22-18)23(17-10-5-2-6-11-17)15-16-8-3-1-4-9-16/h1-14H,15H2. The normalized spacial score (nSPS) is 10.7. The number of amides is 1. The molecular formula is C20H16N4O. The number of nitrogens with zero attached hydrogens (tertiary/aromatic N) is 4. The molecule has 25 heavy (non-hydrogen) atoms. The lowest BCUT2D eigenvalue weighted by Crippen LogP contribution is -2.30. The van der Waals surface area contributed by atoms with Gasteiger partial charge in [-0.3, -0.25) is 4.79 Å². The van der Waals surface area contributed by atoms with E-state index in [0.29, 0.717) is 17.9 Å². The van der Waals surface area contributed by atoms with Crippen molar-refractivity contribution < 1.29 is 4.79 Å². The number of hydrogen-bond donors (Lipinski definition) is 0. The molecule has 0 bridgehead atoms. The lowest BCUT2D eigenvalue weighted by atomic mass is 10.2. The number of rotatable bonds is 4. The number of anilines is 1. The van der Waals surface area contributed by atoms with Gasteiger partial charge in [-0.15, -0.1) is 0 Å². The molecule has 0 fully saturated rings. The highest BCUT2D eigenvalue weighted by molar-refractivity contribution is 6.05. The van der Waals surface area contributed by atoms with Gasteiger partial charge in [0.25, 0.3) is 5.91 Å². The number of para-hydroxylation sites is 1. The van der Waals surface area contributed by atoms with E-state index < -0.39 is 0 Å². The van der Waals surface area contributed by atoms with Gasteiger partial charge in [0.05, 0.1) is 6.54 Å². The summed E-state index contributed by atoms with van der Waals surface area (Å²) in [6.07, 6.45) is 3.47. The molecule has 0 atom stereocenters. The summed E-state index contributed by atoms with van der Waals surface area (Å²) in [5, 5.41) is 4.36. The third kappa shape index (κ3) is 3.12. The minimum Gasteiger partial charge on any atom is -0.303 e. The second-order valence-corrected chi connectivity index (χ2v) is 5.66. The molecule has 0 aliphatic heterocycles. The molecule has 2 aromatic heterocycles. The molecule has 0 aliphatic rings. The van der Waals surface area contributed by atoms with Gasteiger partial charge >= 0.3 is 0 Å². The maximum Gasteiger partial charge on any atom is 0.279 e. The maximum absolute atomic E-state index is 13.1. The van der Waals surface area contributed by atoms with E-state index in [1.54, 1.807) is 33.9 Å². The van der Waals surface area contributed by atoms with E-state index in [4.69, 9.17) is 0 Å². The summed E-state index contributed by atoms with van der Waals surface area (Å²) in [4.78, 5) is 19.1. The first-order valence-corrected chi connectivity index (χ1v) is 8.02. The summed E-state index contributed by atoms with van der Waals surface area (Å²) in [5.74, 6) is -0.152. The van der Waals surface area contributed by atoms with Crippen molar-refractivity contribution in [3.63, 3.8) is 0 Å². The van der Waals surface area contributed by atoms with E-state index in [2.05, 4.69) is 10.1 Å². The van der Waals surface area contributed by atoms with Crippen molar-refractivity contribution in [2.45, 2.75) is 6.54 Å². The van der Waals surface area contributed by atoms with Gasteiger partial charge in [0, 0.05) is 24.1 Å². The topological polar surface area (TPSA) is 50.5 Å². The van der Waals surface area contributed by atoms with Crippen LogP contribution >= 0.6 is 0 Å². The lowest BCUT2D eigenvalue weighted by Gasteiger charge is -2.22. The van der Waals surface area contributed by atoms with Crippen molar-refractivity contribution in [1.29, 1.82) is 0 Å². The highest BCUT2D eigenvalue weighted by atomic mass is 16.2. The van der Waals surface area contributed by atoms with Crippen molar-refractivity contribution >= 4 is 17.2 Å². The summed E-state index contributed by atoms with van der Waals surface area (Å²) in [6, 6.07) is 23.0. The van der Waals surface area contributed by atoms with Crippen LogP contribution in [0.25, 0.3) is 5.65 Å². The van der Waals surface area contributed by atoms with E-state index in [1.165, 1.54) is 0 Å². The minimum atomic E-state index is -0.152. The van der Waals surface area contributed by atoms with Gasteiger partial charge in [-0.25, -0.2) is 9.50 Å². The van der Waals surface area contributed by atoms with Crippen LogP contribution < -0.4 is 4.90 Å². The molecule has 4 aromatic rings. The van der Waals surface area contributed by atoms with Crippen molar-refractivity contribution in [1.82, 2.24) is 14.6 Å². The molecule has 0 saturated heterocycles. The van der Waals surface area contributed by atoms with E-state index in [0.717, 1.165) is 11.3 Å². The summed E-state index contributed by atoms with van der Waals surface area (Å²) >= 11 is 0. The molecule has 1 amide bonds. The second kappa shape index (κ2) is 6.57. The molecule has 0 saturated carbocycles. The van der Waals surface area contributed by atoms with Gasteiger partial charge in [-0.05, 0) is 23.8 Å². The van der Waals surface area contributed by atoms with E-state index in [-0.39, 0.29) is 5.91 Å². The number of aromatic nitrogens is 3. The highest BCUT2D eigenvalue weighted by Crippen LogP contribution is 2.20. The Morgan fingerprint density at radius 1 is 0.960 bits per heavy atom. The molecule has 0 spiro atoms. The fourth-order valence-corrected chi connectivity index (χ4v) is 2.73. The smallest absolute Gasteiger partial charge is 0.279 e. The van der Waals surface area contributed by atoms with Gasteiger partial charge in [0.15, 0.2) is 11.3 Å². The second-order valence-electron chi connectivity index (χ2n) is 5.66. The van der Waals surface area contributed by atoms with Crippen LogP contribution in [-0.2, 0) is 6.54 Å². The Kier molecular flexibility index (Phi) is 3.96. The first-order valence-electron chi connectivity index (χ1n) is 8.02. The van der Waals surface area contributed by atoms with Crippen LogP contribution in [0.15, 0.2) is 85.2 Å². The van der Waals surface area contributed by atoms with Gasteiger partial charge < -0.3 is 4.90 Å². The van der Waals surface area contributed by atoms with Gasteiger partial charge in [0.1, 0.15) is 0 Å². The molecule has 0 N–H and O–H groups in total. The van der Waals surface area contributed by atoms with Crippen LogP contribution in [0.1, 0.15) is 16.1 Å². The Hall–Kier alpha value is -3.47.